The van der Waals surface area contributed by atoms with Crippen molar-refractivity contribution in [2.45, 2.75) is 6.92 Å². The smallest absolute Gasteiger partial charge is 0.271 e. The van der Waals surface area contributed by atoms with Gasteiger partial charge in [-0.05, 0) is 55.5 Å². The summed E-state index contributed by atoms with van der Waals surface area (Å²) in [5.74, 6) is -1.57. The molecule has 158 valence electrons. The predicted octanol–water partition coefficient (Wildman–Crippen LogP) is 3.74. The van der Waals surface area contributed by atoms with E-state index in [1.807, 2.05) is 0 Å². The number of aromatic nitrogens is 1. The lowest BCUT2D eigenvalue weighted by atomic mass is 10.1. The van der Waals surface area contributed by atoms with Crippen LogP contribution in [-0.2, 0) is 0 Å². The third kappa shape index (κ3) is 5.30. The zero-order chi connectivity index (χ0) is 22.5. The highest BCUT2D eigenvalue weighted by atomic mass is 19.1. The van der Waals surface area contributed by atoms with Crippen LogP contribution in [0.4, 0.5) is 15.8 Å². The number of nitrogens with zero attached hydrogens (tertiary/aromatic N) is 2. The Hall–Kier alpha value is -4.07. The number of amides is 3. The van der Waals surface area contributed by atoms with E-state index in [1.54, 1.807) is 45.3 Å². The molecule has 0 saturated heterocycles. The van der Waals surface area contributed by atoms with Crippen LogP contribution < -0.4 is 10.6 Å². The average Bonchev–Trinajstić information content (AvgIpc) is 2.73. The van der Waals surface area contributed by atoms with E-state index in [9.17, 15) is 18.8 Å². The van der Waals surface area contributed by atoms with Crippen LogP contribution in [0, 0.1) is 12.7 Å². The minimum atomic E-state index is -0.457. The topological polar surface area (TPSA) is 91.4 Å². The number of aryl methyl sites for hydroxylation is 1. The molecular formula is C23H21FN4O3. The molecule has 0 unspecified atom stereocenters. The van der Waals surface area contributed by atoms with Crippen molar-refractivity contribution in [1.82, 2.24) is 9.88 Å². The van der Waals surface area contributed by atoms with Crippen molar-refractivity contribution in [3.63, 3.8) is 0 Å². The molecule has 0 radical (unpaired) electrons. The standard InChI is InChI=1S/C23H21FN4O3/c1-14-19(10-11-20(25-14)23(31)28(2)3)22(30)27-17-8-4-6-15(12-17)21(29)26-18-9-5-7-16(24)13-18/h4-13H,1-3H3,(H,26,29)(H,27,30). The van der Waals surface area contributed by atoms with E-state index in [-0.39, 0.29) is 11.6 Å². The molecule has 3 rings (SSSR count). The summed E-state index contributed by atoms with van der Waals surface area (Å²) in [4.78, 5) is 42.8. The van der Waals surface area contributed by atoms with Gasteiger partial charge < -0.3 is 15.5 Å². The highest BCUT2D eigenvalue weighted by molar-refractivity contribution is 6.08. The molecule has 31 heavy (non-hydrogen) atoms. The first-order valence-electron chi connectivity index (χ1n) is 9.42. The molecule has 8 heteroatoms. The zero-order valence-electron chi connectivity index (χ0n) is 17.3. The number of hydrogen-bond donors (Lipinski definition) is 2. The van der Waals surface area contributed by atoms with Crippen LogP contribution >= 0.6 is 0 Å². The first-order valence-corrected chi connectivity index (χ1v) is 9.42. The molecular weight excluding hydrogens is 399 g/mol. The number of nitrogens with one attached hydrogen (secondary N) is 2. The van der Waals surface area contributed by atoms with Crippen LogP contribution in [0.1, 0.15) is 36.9 Å². The quantitative estimate of drug-likeness (QED) is 0.658. The summed E-state index contributed by atoms with van der Waals surface area (Å²) in [7, 11) is 3.24. The van der Waals surface area contributed by atoms with Gasteiger partial charge in [0.1, 0.15) is 11.5 Å². The Morgan fingerprint density at radius 3 is 2.16 bits per heavy atom. The maximum atomic E-state index is 13.3. The fourth-order valence-electron chi connectivity index (χ4n) is 2.86. The van der Waals surface area contributed by atoms with Gasteiger partial charge in [-0.15, -0.1) is 0 Å². The molecule has 2 N–H and O–H groups in total. The number of rotatable bonds is 5. The first-order chi connectivity index (χ1) is 14.7. The van der Waals surface area contributed by atoms with Crippen molar-refractivity contribution >= 4 is 29.1 Å². The third-order valence-corrected chi connectivity index (χ3v) is 4.42. The molecule has 0 spiro atoms. The van der Waals surface area contributed by atoms with Gasteiger partial charge >= 0.3 is 0 Å². The first kappa shape index (κ1) is 21.6. The van der Waals surface area contributed by atoms with Crippen molar-refractivity contribution in [3.8, 4) is 0 Å². The molecule has 1 heterocycles. The van der Waals surface area contributed by atoms with Crippen molar-refractivity contribution in [3.05, 3.63) is 89.0 Å². The fraction of sp³-hybridized carbons (Fsp3) is 0.130. The lowest BCUT2D eigenvalue weighted by molar-refractivity contribution is 0.0820. The van der Waals surface area contributed by atoms with E-state index in [0.29, 0.717) is 28.2 Å². The second-order valence-electron chi connectivity index (χ2n) is 7.03. The van der Waals surface area contributed by atoms with Crippen LogP contribution in [-0.4, -0.2) is 41.7 Å². The third-order valence-electron chi connectivity index (χ3n) is 4.42. The van der Waals surface area contributed by atoms with Gasteiger partial charge in [-0.3, -0.25) is 14.4 Å². The highest BCUT2D eigenvalue weighted by Gasteiger charge is 2.16. The normalized spacial score (nSPS) is 10.3. The molecule has 0 aliphatic carbocycles. The van der Waals surface area contributed by atoms with E-state index < -0.39 is 17.6 Å². The highest BCUT2D eigenvalue weighted by Crippen LogP contribution is 2.16. The molecule has 3 amide bonds. The van der Waals surface area contributed by atoms with Crippen molar-refractivity contribution in [2.75, 3.05) is 24.7 Å². The molecule has 0 atom stereocenters. The maximum absolute atomic E-state index is 13.3. The summed E-state index contributed by atoms with van der Waals surface area (Å²) in [5, 5.41) is 5.33. The van der Waals surface area contributed by atoms with Crippen molar-refractivity contribution in [1.29, 1.82) is 0 Å². The van der Waals surface area contributed by atoms with E-state index >= 15 is 0 Å². The van der Waals surface area contributed by atoms with Crippen molar-refractivity contribution in [2.24, 2.45) is 0 Å². The number of anilines is 2. The van der Waals surface area contributed by atoms with Crippen LogP contribution in [0.15, 0.2) is 60.7 Å². The summed E-state index contributed by atoms with van der Waals surface area (Å²) in [6, 6.07) is 15.0. The molecule has 0 fully saturated rings. The van der Waals surface area contributed by atoms with Crippen molar-refractivity contribution < 1.29 is 18.8 Å². The number of carbonyl (C=O) groups excluding carboxylic acids is 3. The zero-order valence-corrected chi connectivity index (χ0v) is 17.3. The SMILES string of the molecule is Cc1nc(C(=O)N(C)C)ccc1C(=O)Nc1cccc(C(=O)Nc2cccc(F)c2)c1. The molecule has 2 aromatic carbocycles. The van der Waals surface area contributed by atoms with Gasteiger partial charge in [-0.25, -0.2) is 9.37 Å². The fourth-order valence-corrected chi connectivity index (χ4v) is 2.86. The van der Waals surface area contributed by atoms with Gasteiger partial charge in [-0.2, -0.15) is 0 Å². The molecule has 1 aromatic heterocycles. The second-order valence-corrected chi connectivity index (χ2v) is 7.03. The second kappa shape index (κ2) is 9.17. The van der Waals surface area contributed by atoms with Gasteiger partial charge in [0.15, 0.2) is 0 Å². The van der Waals surface area contributed by atoms with Gasteiger partial charge in [0, 0.05) is 31.0 Å². The largest absolute Gasteiger partial charge is 0.343 e. The van der Waals surface area contributed by atoms with E-state index in [1.165, 1.54) is 41.3 Å². The molecule has 3 aromatic rings. The van der Waals surface area contributed by atoms with Gasteiger partial charge in [0.25, 0.3) is 17.7 Å². The molecule has 0 aliphatic heterocycles. The summed E-state index contributed by atoms with van der Waals surface area (Å²) in [6.45, 7) is 1.64. The summed E-state index contributed by atoms with van der Waals surface area (Å²) in [6.07, 6.45) is 0. The summed E-state index contributed by atoms with van der Waals surface area (Å²) < 4.78 is 13.3. The lowest BCUT2D eigenvalue weighted by Crippen LogP contribution is -2.24. The number of benzene rings is 2. The van der Waals surface area contributed by atoms with Crippen LogP contribution in [0.2, 0.25) is 0 Å². The Labute approximate surface area is 178 Å². The molecule has 7 nitrogen and oxygen atoms in total. The van der Waals surface area contributed by atoms with E-state index in [4.69, 9.17) is 0 Å². The monoisotopic (exact) mass is 420 g/mol. The lowest BCUT2D eigenvalue weighted by Gasteiger charge is -2.12. The average molecular weight is 420 g/mol. The van der Waals surface area contributed by atoms with E-state index in [2.05, 4.69) is 15.6 Å². The Balaban J connectivity index is 1.74. The van der Waals surface area contributed by atoms with Crippen LogP contribution in [0.3, 0.4) is 0 Å². The van der Waals surface area contributed by atoms with Gasteiger partial charge in [0.05, 0.1) is 11.3 Å². The van der Waals surface area contributed by atoms with E-state index in [0.717, 1.165) is 0 Å². The molecule has 0 saturated carbocycles. The Morgan fingerprint density at radius 1 is 0.871 bits per heavy atom. The maximum Gasteiger partial charge on any atom is 0.271 e. The Bertz CT molecular complexity index is 1160. The Morgan fingerprint density at radius 2 is 1.52 bits per heavy atom. The summed E-state index contributed by atoms with van der Waals surface area (Å²) >= 11 is 0. The number of hydrogen-bond acceptors (Lipinski definition) is 4. The molecule has 0 bridgehead atoms. The van der Waals surface area contributed by atoms with Crippen LogP contribution in [0.25, 0.3) is 0 Å². The Kier molecular flexibility index (Phi) is 6.40. The minimum Gasteiger partial charge on any atom is -0.343 e. The number of carbonyl (C=O) groups is 3. The summed E-state index contributed by atoms with van der Waals surface area (Å²) in [5.41, 5.74) is 1.99. The molecule has 0 aliphatic rings. The van der Waals surface area contributed by atoms with Crippen LogP contribution in [0.5, 0.6) is 0 Å². The minimum absolute atomic E-state index is 0.245. The number of pyridine rings is 1. The van der Waals surface area contributed by atoms with Gasteiger partial charge in [0.2, 0.25) is 0 Å². The number of halogens is 1. The van der Waals surface area contributed by atoms with Gasteiger partial charge in [-0.1, -0.05) is 12.1 Å². The predicted molar refractivity (Wildman–Crippen MR) is 116 cm³/mol.